The van der Waals surface area contributed by atoms with E-state index in [1.54, 1.807) is 0 Å². The highest BCUT2D eigenvalue weighted by atomic mass is 16.4. The van der Waals surface area contributed by atoms with E-state index in [4.69, 9.17) is 5.73 Å². The zero-order valence-electron chi connectivity index (χ0n) is 13.0. The monoisotopic (exact) mass is 296 g/mol. The Hall–Kier alpha value is -1.10. The minimum atomic E-state index is -0.713. The Labute approximate surface area is 126 Å². The average molecular weight is 296 g/mol. The van der Waals surface area contributed by atoms with Crippen LogP contribution < -0.4 is 5.73 Å². The minimum absolute atomic E-state index is 0.0581. The summed E-state index contributed by atoms with van der Waals surface area (Å²) < 4.78 is 0. The van der Waals surface area contributed by atoms with Crippen molar-refractivity contribution in [2.24, 2.45) is 23.0 Å². The molecule has 2 aliphatic rings. The molecule has 1 amide bonds. The molecule has 2 rings (SSSR count). The summed E-state index contributed by atoms with van der Waals surface area (Å²) >= 11 is 0. The second-order valence-electron chi connectivity index (χ2n) is 6.65. The lowest BCUT2D eigenvalue weighted by molar-refractivity contribution is -0.156. The summed E-state index contributed by atoms with van der Waals surface area (Å²) in [4.78, 5) is 26.1. The van der Waals surface area contributed by atoms with E-state index in [0.29, 0.717) is 44.8 Å². The summed E-state index contributed by atoms with van der Waals surface area (Å²) in [7, 11) is 0. The van der Waals surface area contributed by atoms with Gasteiger partial charge in [0.15, 0.2) is 0 Å². The molecule has 5 heteroatoms. The smallest absolute Gasteiger partial charge is 0.309 e. The van der Waals surface area contributed by atoms with Gasteiger partial charge < -0.3 is 15.7 Å². The molecule has 1 saturated carbocycles. The Balaban J connectivity index is 1.98. The number of rotatable bonds is 4. The van der Waals surface area contributed by atoms with E-state index in [0.717, 1.165) is 19.3 Å². The predicted octanol–water partition coefficient (Wildman–Crippen LogP) is 1.85. The van der Waals surface area contributed by atoms with Crippen LogP contribution in [0.25, 0.3) is 0 Å². The third-order valence-corrected chi connectivity index (χ3v) is 5.69. The largest absolute Gasteiger partial charge is 0.481 e. The Morgan fingerprint density at radius 2 is 1.86 bits per heavy atom. The number of nitrogens with zero attached hydrogens (tertiary/aromatic N) is 1. The lowest BCUT2D eigenvalue weighted by Crippen LogP contribution is -2.49. The normalized spacial score (nSPS) is 29.1. The highest BCUT2D eigenvalue weighted by Gasteiger charge is 2.42. The second kappa shape index (κ2) is 6.77. The lowest BCUT2D eigenvalue weighted by Gasteiger charge is -2.41. The number of amides is 1. The van der Waals surface area contributed by atoms with Crippen molar-refractivity contribution in [1.82, 2.24) is 4.90 Å². The Kier molecular flexibility index (Phi) is 5.25. The van der Waals surface area contributed by atoms with Crippen molar-refractivity contribution in [3.63, 3.8) is 0 Å². The Bertz CT molecular complexity index is 389. The molecule has 1 saturated heterocycles. The SMILES string of the molecule is CCC1(C(=O)O)CCN(C(=O)C2CCCCC2CN)CC1. The fourth-order valence-corrected chi connectivity index (χ4v) is 3.92. The number of aliphatic carboxylic acids is 1. The molecule has 1 aliphatic heterocycles. The molecule has 0 radical (unpaired) electrons. The standard InChI is InChI=1S/C16H28N2O3/c1-2-16(15(20)21)7-9-18(10-8-16)14(19)13-6-4-3-5-12(13)11-17/h12-13H,2-11,17H2,1H3,(H,20,21). The van der Waals surface area contributed by atoms with Gasteiger partial charge in [-0.2, -0.15) is 0 Å². The maximum Gasteiger partial charge on any atom is 0.309 e. The quantitative estimate of drug-likeness (QED) is 0.829. The molecule has 0 bridgehead atoms. The van der Waals surface area contributed by atoms with Gasteiger partial charge in [-0.25, -0.2) is 0 Å². The molecule has 5 nitrogen and oxygen atoms in total. The molecule has 1 aliphatic carbocycles. The van der Waals surface area contributed by atoms with Crippen molar-refractivity contribution >= 4 is 11.9 Å². The predicted molar refractivity (Wildman–Crippen MR) is 80.7 cm³/mol. The minimum Gasteiger partial charge on any atom is -0.481 e. The van der Waals surface area contributed by atoms with Crippen molar-refractivity contribution in [2.75, 3.05) is 19.6 Å². The molecule has 0 aromatic carbocycles. The Morgan fingerprint density at radius 3 is 2.38 bits per heavy atom. The summed E-state index contributed by atoms with van der Waals surface area (Å²) in [6, 6.07) is 0. The highest BCUT2D eigenvalue weighted by Crippen LogP contribution is 2.37. The van der Waals surface area contributed by atoms with Gasteiger partial charge in [0.2, 0.25) is 5.91 Å². The van der Waals surface area contributed by atoms with E-state index in [2.05, 4.69) is 0 Å². The molecule has 2 fully saturated rings. The van der Waals surface area contributed by atoms with Crippen molar-refractivity contribution in [2.45, 2.75) is 51.9 Å². The van der Waals surface area contributed by atoms with Gasteiger partial charge in [-0.3, -0.25) is 9.59 Å². The van der Waals surface area contributed by atoms with E-state index >= 15 is 0 Å². The number of carbonyl (C=O) groups excluding carboxylic acids is 1. The van der Waals surface area contributed by atoms with Crippen molar-refractivity contribution in [3.05, 3.63) is 0 Å². The number of hydrogen-bond acceptors (Lipinski definition) is 3. The van der Waals surface area contributed by atoms with Gasteiger partial charge >= 0.3 is 5.97 Å². The fourth-order valence-electron chi connectivity index (χ4n) is 3.92. The van der Waals surface area contributed by atoms with Crippen LogP contribution in [0.5, 0.6) is 0 Å². The van der Waals surface area contributed by atoms with Crippen LogP contribution in [0.1, 0.15) is 51.9 Å². The molecule has 0 aromatic heterocycles. The maximum atomic E-state index is 12.7. The van der Waals surface area contributed by atoms with E-state index in [1.165, 1.54) is 6.42 Å². The van der Waals surface area contributed by atoms with Gasteiger partial charge in [0.05, 0.1) is 5.41 Å². The number of carbonyl (C=O) groups is 2. The van der Waals surface area contributed by atoms with Crippen LogP contribution in [-0.2, 0) is 9.59 Å². The first kappa shape index (κ1) is 16.3. The topological polar surface area (TPSA) is 83.6 Å². The van der Waals surface area contributed by atoms with Crippen LogP contribution in [0.3, 0.4) is 0 Å². The number of piperidine rings is 1. The number of carboxylic acid groups (broad SMARTS) is 1. The zero-order chi connectivity index (χ0) is 15.5. The van der Waals surface area contributed by atoms with Gasteiger partial charge in [-0.15, -0.1) is 0 Å². The first-order valence-electron chi connectivity index (χ1n) is 8.26. The molecular formula is C16H28N2O3. The van der Waals surface area contributed by atoms with Crippen LogP contribution in [0.15, 0.2) is 0 Å². The number of hydrogen-bond donors (Lipinski definition) is 2. The summed E-state index contributed by atoms with van der Waals surface area (Å²) in [5.74, 6) is -0.138. The van der Waals surface area contributed by atoms with Crippen LogP contribution in [0.4, 0.5) is 0 Å². The summed E-state index contributed by atoms with van der Waals surface area (Å²) in [6.07, 6.45) is 6.05. The van der Waals surface area contributed by atoms with Crippen LogP contribution >= 0.6 is 0 Å². The van der Waals surface area contributed by atoms with Crippen LogP contribution in [-0.4, -0.2) is 41.5 Å². The van der Waals surface area contributed by atoms with Gasteiger partial charge in [0.1, 0.15) is 0 Å². The van der Waals surface area contributed by atoms with E-state index in [-0.39, 0.29) is 11.8 Å². The van der Waals surface area contributed by atoms with Gasteiger partial charge in [-0.1, -0.05) is 19.8 Å². The molecule has 3 N–H and O–H groups in total. The van der Waals surface area contributed by atoms with Gasteiger partial charge in [0, 0.05) is 19.0 Å². The number of likely N-dealkylation sites (tertiary alicyclic amines) is 1. The first-order valence-corrected chi connectivity index (χ1v) is 8.26. The van der Waals surface area contributed by atoms with E-state index in [9.17, 15) is 14.7 Å². The zero-order valence-corrected chi connectivity index (χ0v) is 13.0. The van der Waals surface area contributed by atoms with E-state index in [1.807, 2.05) is 11.8 Å². The number of carboxylic acids is 1. The third-order valence-electron chi connectivity index (χ3n) is 5.69. The average Bonchev–Trinajstić information content (AvgIpc) is 2.54. The molecular weight excluding hydrogens is 268 g/mol. The van der Waals surface area contributed by atoms with Crippen LogP contribution in [0, 0.1) is 17.3 Å². The maximum absolute atomic E-state index is 12.7. The van der Waals surface area contributed by atoms with Crippen molar-refractivity contribution in [3.8, 4) is 0 Å². The molecule has 0 spiro atoms. The molecule has 1 heterocycles. The van der Waals surface area contributed by atoms with Crippen molar-refractivity contribution < 1.29 is 14.7 Å². The van der Waals surface area contributed by atoms with Gasteiger partial charge in [0.25, 0.3) is 0 Å². The van der Waals surface area contributed by atoms with E-state index < -0.39 is 11.4 Å². The summed E-state index contributed by atoms with van der Waals surface area (Å²) in [5, 5.41) is 9.42. The number of nitrogens with two attached hydrogens (primary N) is 1. The molecule has 120 valence electrons. The van der Waals surface area contributed by atoms with Crippen molar-refractivity contribution in [1.29, 1.82) is 0 Å². The molecule has 2 unspecified atom stereocenters. The fraction of sp³-hybridized carbons (Fsp3) is 0.875. The molecule has 21 heavy (non-hydrogen) atoms. The third kappa shape index (κ3) is 3.23. The van der Waals surface area contributed by atoms with Gasteiger partial charge in [-0.05, 0) is 44.6 Å². The highest BCUT2D eigenvalue weighted by molar-refractivity contribution is 5.80. The molecule has 0 aromatic rings. The molecule has 2 atom stereocenters. The lowest BCUT2D eigenvalue weighted by atomic mass is 9.75. The first-order chi connectivity index (χ1) is 10.0. The second-order valence-corrected chi connectivity index (χ2v) is 6.65. The van der Waals surface area contributed by atoms with Crippen LogP contribution in [0.2, 0.25) is 0 Å². The Morgan fingerprint density at radius 1 is 1.24 bits per heavy atom. The summed E-state index contributed by atoms with van der Waals surface area (Å²) in [5.41, 5.74) is 5.19. The summed E-state index contributed by atoms with van der Waals surface area (Å²) in [6.45, 7) is 3.66.